The molecule has 0 atom stereocenters. The summed E-state index contributed by atoms with van der Waals surface area (Å²) in [6.07, 6.45) is 0.674. The number of likely N-dealkylation sites (N-methyl/N-ethyl adjacent to an activating group) is 1. The van der Waals surface area contributed by atoms with E-state index in [9.17, 15) is 0 Å². The molecule has 0 saturated heterocycles. The topological polar surface area (TPSA) is 63.9 Å². The molecule has 34 heavy (non-hydrogen) atoms. The Bertz CT molecular complexity index is 1270. The van der Waals surface area contributed by atoms with E-state index in [2.05, 4.69) is 54.4 Å². The number of fused-ring (bicyclic) bond motifs is 2. The van der Waals surface area contributed by atoms with E-state index in [1.165, 1.54) is 5.56 Å². The molecule has 0 spiro atoms. The molecule has 2 aromatic carbocycles. The van der Waals surface area contributed by atoms with Crippen molar-refractivity contribution < 1.29 is 9.47 Å². The number of hydrogen-bond acceptors (Lipinski definition) is 6. The Morgan fingerprint density at radius 1 is 0.941 bits per heavy atom. The average molecular weight is 458 g/mol. The Labute approximate surface area is 200 Å². The predicted molar refractivity (Wildman–Crippen MR) is 135 cm³/mol. The first-order valence-corrected chi connectivity index (χ1v) is 12.0. The van der Waals surface area contributed by atoms with Crippen LogP contribution in [-0.4, -0.2) is 58.9 Å². The van der Waals surface area contributed by atoms with E-state index < -0.39 is 0 Å². The van der Waals surface area contributed by atoms with Crippen LogP contribution in [0.25, 0.3) is 16.9 Å². The molecule has 0 amide bonds. The summed E-state index contributed by atoms with van der Waals surface area (Å²) < 4.78 is 13.3. The van der Waals surface area contributed by atoms with Crippen molar-refractivity contribution >= 4 is 11.3 Å². The minimum Gasteiger partial charge on any atom is -0.486 e. The Morgan fingerprint density at radius 3 is 2.62 bits per heavy atom. The fourth-order valence-electron chi connectivity index (χ4n) is 4.32. The van der Waals surface area contributed by atoms with Crippen LogP contribution in [0.4, 0.5) is 5.69 Å². The zero-order valence-corrected chi connectivity index (χ0v) is 19.8. The maximum Gasteiger partial charge on any atom is 0.162 e. The molecular formula is C27H31N5O2. The fourth-order valence-corrected chi connectivity index (χ4v) is 4.32. The molecule has 5 rings (SSSR count). The molecule has 7 heteroatoms. The van der Waals surface area contributed by atoms with Crippen molar-refractivity contribution in [1.29, 1.82) is 0 Å². The largest absolute Gasteiger partial charge is 0.486 e. The Hall–Kier alpha value is -3.58. The molecule has 0 fully saturated rings. The molecule has 1 aliphatic rings. The van der Waals surface area contributed by atoms with Gasteiger partial charge in [-0.1, -0.05) is 32.0 Å². The molecule has 1 N–H and O–H groups in total. The molecule has 1 aliphatic heterocycles. The molecule has 176 valence electrons. The van der Waals surface area contributed by atoms with Crippen molar-refractivity contribution in [2.24, 2.45) is 0 Å². The highest BCUT2D eigenvalue weighted by atomic mass is 16.6. The van der Waals surface area contributed by atoms with Crippen LogP contribution in [0.3, 0.4) is 0 Å². The Morgan fingerprint density at radius 2 is 1.76 bits per heavy atom. The fraction of sp³-hybridized carbons (Fsp3) is 0.333. The van der Waals surface area contributed by atoms with E-state index in [-0.39, 0.29) is 0 Å². The lowest BCUT2D eigenvalue weighted by Crippen LogP contribution is -2.28. The molecule has 0 radical (unpaired) electrons. The maximum atomic E-state index is 5.77. The maximum absolute atomic E-state index is 5.77. The summed E-state index contributed by atoms with van der Waals surface area (Å²) in [5.41, 5.74) is 5.14. The van der Waals surface area contributed by atoms with Crippen molar-refractivity contribution in [3.8, 4) is 22.8 Å². The second kappa shape index (κ2) is 10.1. The predicted octanol–water partition coefficient (Wildman–Crippen LogP) is 4.51. The van der Waals surface area contributed by atoms with Gasteiger partial charge < -0.3 is 19.7 Å². The van der Waals surface area contributed by atoms with E-state index in [1.54, 1.807) is 0 Å². The van der Waals surface area contributed by atoms with Crippen molar-refractivity contribution in [2.75, 3.05) is 44.7 Å². The van der Waals surface area contributed by atoms with Gasteiger partial charge in [-0.05, 0) is 61.1 Å². The van der Waals surface area contributed by atoms with Crippen LogP contribution >= 0.6 is 0 Å². The number of rotatable bonds is 9. The molecule has 3 heterocycles. The molecule has 2 aromatic heterocycles. The summed E-state index contributed by atoms with van der Waals surface area (Å²) in [5.74, 6) is 2.35. The molecule has 4 aromatic rings. The number of benzene rings is 2. The van der Waals surface area contributed by atoms with E-state index in [1.807, 2.05) is 34.8 Å². The SMILES string of the molecule is CCN(CC)CCNc1cccc(Cc2nc3cccc(-c4ccc5c(c4)OCCO5)n3n2)c1. The van der Waals surface area contributed by atoms with Gasteiger partial charge in [-0.3, -0.25) is 0 Å². The van der Waals surface area contributed by atoms with Gasteiger partial charge in [0.2, 0.25) is 0 Å². The monoisotopic (exact) mass is 457 g/mol. The van der Waals surface area contributed by atoms with Crippen LogP contribution in [0, 0.1) is 0 Å². The third kappa shape index (κ3) is 4.84. The lowest BCUT2D eigenvalue weighted by Gasteiger charge is -2.19. The van der Waals surface area contributed by atoms with Crippen LogP contribution in [0.1, 0.15) is 25.2 Å². The van der Waals surface area contributed by atoms with Crippen molar-refractivity contribution in [3.05, 3.63) is 72.1 Å². The van der Waals surface area contributed by atoms with Crippen LogP contribution in [0.15, 0.2) is 60.7 Å². The first-order chi connectivity index (χ1) is 16.7. The normalized spacial score (nSPS) is 12.9. The minimum atomic E-state index is 0.567. The molecule has 0 unspecified atom stereocenters. The molecule has 0 bridgehead atoms. The number of nitrogens with zero attached hydrogens (tertiary/aromatic N) is 4. The highest BCUT2D eigenvalue weighted by Gasteiger charge is 2.15. The first kappa shape index (κ1) is 22.2. The summed E-state index contributed by atoms with van der Waals surface area (Å²) in [6, 6.07) is 20.6. The number of hydrogen-bond donors (Lipinski definition) is 1. The third-order valence-electron chi connectivity index (χ3n) is 6.18. The van der Waals surface area contributed by atoms with Gasteiger partial charge in [-0.25, -0.2) is 9.50 Å². The number of nitrogens with one attached hydrogen (secondary N) is 1. The molecule has 0 aliphatic carbocycles. The van der Waals surface area contributed by atoms with Crippen molar-refractivity contribution in [3.63, 3.8) is 0 Å². The summed E-state index contributed by atoms with van der Waals surface area (Å²) in [5, 5.41) is 8.38. The van der Waals surface area contributed by atoms with Gasteiger partial charge in [-0.15, -0.1) is 0 Å². The molecular weight excluding hydrogens is 426 g/mol. The highest BCUT2D eigenvalue weighted by molar-refractivity contribution is 5.66. The van der Waals surface area contributed by atoms with Gasteiger partial charge in [0.25, 0.3) is 0 Å². The average Bonchev–Trinajstić information content (AvgIpc) is 3.29. The first-order valence-electron chi connectivity index (χ1n) is 12.0. The Balaban J connectivity index is 1.34. The van der Waals surface area contributed by atoms with E-state index in [0.29, 0.717) is 19.6 Å². The highest BCUT2D eigenvalue weighted by Crippen LogP contribution is 2.34. The molecule has 7 nitrogen and oxygen atoms in total. The van der Waals surface area contributed by atoms with Crippen LogP contribution in [0.5, 0.6) is 11.5 Å². The summed E-state index contributed by atoms with van der Waals surface area (Å²) in [6.45, 7) is 9.66. The quantitative estimate of drug-likeness (QED) is 0.399. The van der Waals surface area contributed by atoms with Gasteiger partial charge >= 0.3 is 0 Å². The third-order valence-corrected chi connectivity index (χ3v) is 6.18. The van der Waals surface area contributed by atoms with Gasteiger partial charge in [-0.2, -0.15) is 5.10 Å². The van der Waals surface area contributed by atoms with Gasteiger partial charge in [0.05, 0.1) is 5.69 Å². The molecule has 0 saturated carbocycles. The zero-order valence-electron chi connectivity index (χ0n) is 19.8. The minimum absolute atomic E-state index is 0.567. The summed E-state index contributed by atoms with van der Waals surface area (Å²) in [7, 11) is 0. The van der Waals surface area contributed by atoms with Crippen molar-refractivity contribution in [1.82, 2.24) is 19.5 Å². The summed E-state index contributed by atoms with van der Waals surface area (Å²) in [4.78, 5) is 7.20. The van der Waals surface area contributed by atoms with Crippen LogP contribution < -0.4 is 14.8 Å². The van der Waals surface area contributed by atoms with E-state index in [4.69, 9.17) is 19.6 Å². The van der Waals surface area contributed by atoms with Crippen molar-refractivity contribution in [2.45, 2.75) is 20.3 Å². The van der Waals surface area contributed by atoms with Gasteiger partial charge in [0, 0.05) is 30.8 Å². The van der Waals surface area contributed by atoms with Crippen LogP contribution in [0.2, 0.25) is 0 Å². The van der Waals surface area contributed by atoms with E-state index >= 15 is 0 Å². The summed E-state index contributed by atoms with van der Waals surface area (Å²) >= 11 is 0. The van der Waals surface area contributed by atoms with E-state index in [0.717, 1.165) is 66.1 Å². The second-order valence-electron chi connectivity index (χ2n) is 8.40. The second-order valence-corrected chi connectivity index (χ2v) is 8.40. The zero-order chi connectivity index (χ0) is 23.3. The Kier molecular flexibility index (Phi) is 6.62. The standard InChI is InChI=1S/C27H31N5O2/c1-3-31(4-2)14-13-28-22-8-5-7-20(17-22)18-26-29-27-10-6-9-23(32(27)30-26)21-11-12-24-25(19-21)34-16-15-33-24/h5-12,17,19,28H,3-4,13-16,18H2,1-2H3. The van der Waals surface area contributed by atoms with Crippen LogP contribution in [-0.2, 0) is 6.42 Å². The van der Waals surface area contributed by atoms with Gasteiger partial charge in [0.15, 0.2) is 23.0 Å². The lowest BCUT2D eigenvalue weighted by molar-refractivity contribution is 0.171. The lowest BCUT2D eigenvalue weighted by atomic mass is 10.1. The van der Waals surface area contributed by atoms with Gasteiger partial charge in [0.1, 0.15) is 13.2 Å². The number of pyridine rings is 1. The smallest absolute Gasteiger partial charge is 0.162 e. The number of anilines is 1. The number of ether oxygens (including phenoxy) is 2. The number of aromatic nitrogens is 3.